The van der Waals surface area contributed by atoms with Crippen molar-refractivity contribution in [2.24, 2.45) is 0 Å². The highest BCUT2D eigenvalue weighted by Crippen LogP contribution is 2.14. The Morgan fingerprint density at radius 2 is 2.07 bits per heavy atom. The summed E-state index contributed by atoms with van der Waals surface area (Å²) in [5, 5.41) is 0. The Morgan fingerprint density at radius 3 is 2.50 bits per heavy atom. The summed E-state index contributed by atoms with van der Waals surface area (Å²) < 4.78 is 59.1. The molecule has 0 amide bonds. The molecule has 0 bridgehead atoms. The highest BCUT2D eigenvalue weighted by molar-refractivity contribution is 7.87. The quantitative estimate of drug-likeness (QED) is 0.749. The molecule has 1 rings (SSSR count). The molecule has 0 spiro atoms. The Morgan fingerprint density at radius 1 is 1.43 bits per heavy atom. The highest BCUT2D eigenvalue weighted by Gasteiger charge is 2.33. The summed E-state index contributed by atoms with van der Waals surface area (Å²) in [4.78, 5) is 4.60. The van der Waals surface area contributed by atoms with Crippen LogP contribution in [0.3, 0.4) is 0 Å². The number of nitrogens with one attached hydrogen (secondary N) is 1. The Labute approximate surface area is 79.0 Å². The number of alkyl halides is 3. The van der Waals surface area contributed by atoms with E-state index in [0.29, 0.717) is 10.9 Å². The molecule has 1 N–H and O–H groups in total. The van der Waals surface area contributed by atoms with E-state index in [0.717, 1.165) is 0 Å². The van der Waals surface area contributed by atoms with Gasteiger partial charge in [0.2, 0.25) is 0 Å². The van der Waals surface area contributed by atoms with Gasteiger partial charge in [0.1, 0.15) is 6.54 Å². The van der Waals surface area contributed by atoms with Crippen LogP contribution >= 0.6 is 0 Å². The minimum Gasteiger partial charge on any atom is -0.283 e. The maximum atomic E-state index is 11.7. The summed E-state index contributed by atoms with van der Waals surface area (Å²) in [7, 11) is -4.15. The Balaban J connectivity index is 2.50. The lowest BCUT2D eigenvalue weighted by Gasteiger charge is -2.15. The lowest BCUT2D eigenvalue weighted by Crippen LogP contribution is -2.42. The molecule has 0 radical (unpaired) electrons. The van der Waals surface area contributed by atoms with Crippen LogP contribution in [0.4, 0.5) is 13.2 Å². The largest absolute Gasteiger partial charge is 0.402 e. The number of halogens is 3. The van der Waals surface area contributed by atoms with Crippen LogP contribution in [-0.4, -0.2) is 38.8 Å². The zero-order valence-electron chi connectivity index (χ0n) is 7.04. The number of hydrogen-bond acceptors (Lipinski definition) is 3. The van der Waals surface area contributed by atoms with Crippen LogP contribution < -0.4 is 4.72 Å². The minimum atomic E-state index is -4.56. The molecule has 1 fully saturated rings. The van der Waals surface area contributed by atoms with Crippen LogP contribution in [0.1, 0.15) is 6.42 Å². The average molecular weight is 234 g/mol. The molecule has 0 aromatic carbocycles. The van der Waals surface area contributed by atoms with Gasteiger partial charge in [-0.2, -0.15) is 26.3 Å². The van der Waals surface area contributed by atoms with Gasteiger partial charge in [-0.05, 0) is 6.42 Å². The van der Waals surface area contributed by atoms with Gasteiger partial charge in [0.25, 0.3) is 0 Å². The predicted molar refractivity (Wildman–Crippen MR) is 40.3 cm³/mol. The fraction of sp³-hybridized carbons (Fsp3) is 1.00. The second-order valence-corrected chi connectivity index (χ2v) is 4.30. The molecule has 0 aromatic heterocycles. The molecular formula is C5H9F3N2O3S. The normalized spacial score (nSPS) is 20.2. The topological polar surface area (TPSA) is 58.6 Å². The third kappa shape index (κ3) is 3.40. The Kier molecular flexibility index (Phi) is 3.35. The van der Waals surface area contributed by atoms with Crippen molar-refractivity contribution in [2.45, 2.75) is 12.6 Å². The first kappa shape index (κ1) is 11.7. The van der Waals surface area contributed by atoms with Gasteiger partial charge >= 0.3 is 16.4 Å². The summed E-state index contributed by atoms with van der Waals surface area (Å²) in [5.41, 5.74) is 0. The molecular weight excluding hydrogens is 225 g/mol. The van der Waals surface area contributed by atoms with Crippen molar-refractivity contribution < 1.29 is 26.4 Å². The number of hydroxylamine groups is 1. The SMILES string of the molecule is O=S(=O)(NCC(F)(F)F)N1CCCO1. The van der Waals surface area contributed by atoms with Crippen LogP contribution in [0.2, 0.25) is 0 Å². The second kappa shape index (κ2) is 4.01. The van der Waals surface area contributed by atoms with Gasteiger partial charge in [0, 0.05) is 6.54 Å². The molecule has 1 aliphatic rings. The standard InChI is InChI=1S/C5H9F3N2O3S/c6-5(7,8)4-9-14(11,12)10-2-1-3-13-10/h9H,1-4H2. The zero-order valence-corrected chi connectivity index (χ0v) is 7.86. The minimum absolute atomic E-state index is 0.0766. The fourth-order valence-electron chi connectivity index (χ4n) is 0.859. The first-order chi connectivity index (χ1) is 6.31. The van der Waals surface area contributed by atoms with Gasteiger partial charge in [-0.15, -0.1) is 0 Å². The molecule has 1 saturated heterocycles. The maximum Gasteiger partial charge on any atom is 0.402 e. The van der Waals surface area contributed by atoms with Crippen LogP contribution in [0.5, 0.6) is 0 Å². The third-order valence-electron chi connectivity index (χ3n) is 1.44. The van der Waals surface area contributed by atoms with Crippen LogP contribution in [0, 0.1) is 0 Å². The van der Waals surface area contributed by atoms with Gasteiger partial charge in [0.05, 0.1) is 6.61 Å². The fourth-order valence-corrected chi connectivity index (χ4v) is 1.93. The summed E-state index contributed by atoms with van der Waals surface area (Å²) in [6.45, 7) is -1.31. The van der Waals surface area contributed by atoms with Crippen molar-refractivity contribution in [3.63, 3.8) is 0 Å². The monoisotopic (exact) mass is 234 g/mol. The lowest BCUT2D eigenvalue weighted by molar-refractivity contribution is -0.122. The van der Waals surface area contributed by atoms with E-state index in [1.807, 2.05) is 0 Å². The molecule has 0 aliphatic carbocycles. The molecule has 0 atom stereocenters. The number of nitrogens with zero attached hydrogens (tertiary/aromatic N) is 1. The van der Waals surface area contributed by atoms with E-state index in [1.54, 1.807) is 0 Å². The van der Waals surface area contributed by atoms with E-state index in [2.05, 4.69) is 4.84 Å². The number of rotatable bonds is 3. The van der Waals surface area contributed by atoms with Crippen molar-refractivity contribution in [2.75, 3.05) is 19.7 Å². The molecule has 0 saturated carbocycles. The van der Waals surface area contributed by atoms with Crippen LogP contribution in [-0.2, 0) is 15.0 Å². The first-order valence-electron chi connectivity index (χ1n) is 3.78. The van der Waals surface area contributed by atoms with Crippen LogP contribution in [0.25, 0.3) is 0 Å². The smallest absolute Gasteiger partial charge is 0.283 e. The van der Waals surface area contributed by atoms with Crippen LogP contribution in [0.15, 0.2) is 0 Å². The van der Waals surface area contributed by atoms with Crippen molar-refractivity contribution in [1.82, 2.24) is 9.19 Å². The molecule has 9 heteroatoms. The average Bonchev–Trinajstić information content (AvgIpc) is 2.52. The third-order valence-corrected chi connectivity index (χ3v) is 2.78. The molecule has 1 aliphatic heterocycles. The van der Waals surface area contributed by atoms with Gasteiger partial charge in [-0.1, -0.05) is 4.47 Å². The first-order valence-corrected chi connectivity index (χ1v) is 5.22. The summed E-state index contributed by atoms with van der Waals surface area (Å²) >= 11 is 0. The highest BCUT2D eigenvalue weighted by atomic mass is 32.2. The molecule has 1 heterocycles. The predicted octanol–water partition coefficient (Wildman–Crippen LogP) is 0.0204. The molecule has 14 heavy (non-hydrogen) atoms. The summed E-state index contributed by atoms with van der Waals surface area (Å²) in [6.07, 6.45) is -4.08. The summed E-state index contributed by atoms with van der Waals surface area (Å²) in [5.74, 6) is 0. The van der Waals surface area contributed by atoms with Gasteiger partial charge < -0.3 is 0 Å². The van der Waals surface area contributed by atoms with Gasteiger partial charge in [0.15, 0.2) is 0 Å². The Bertz CT molecular complexity index is 283. The van der Waals surface area contributed by atoms with E-state index < -0.39 is 22.9 Å². The summed E-state index contributed by atoms with van der Waals surface area (Å²) in [6, 6.07) is 0. The molecule has 5 nitrogen and oxygen atoms in total. The van der Waals surface area contributed by atoms with E-state index in [9.17, 15) is 21.6 Å². The lowest BCUT2D eigenvalue weighted by atomic mass is 10.5. The number of hydrogen-bond donors (Lipinski definition) is 1. The van der Waals surface area contributed by atoms with E-state index in [1.165, 1.54) is 4.72 Å². The van der Waals surface area contributed by atoms with E-state index >= 15 is 0 Å². The van der Waals surface area contributed by atoms with Gasteiger partial charge in [-0.3, -0.25) is 4.84 Å². The van der Waals surface area contributed by atoms with Crippen molar-refractivity contribution in [3.8, 4) is 0 Å². The van der Waals surface area contributed by atoms with E-state index in [4.69, 9.17) is 0 Å². The molecule has 84 valence electrons. The van der Waals surface area contributed by atoms with Crippen molar-refractivity contribution in [3.05, 3.63) is 0 Å². The maximum absolute atomic E-state index is 11.7. The molecule has 0 unspecified atom stereocenters. The molecule has 0 aromatic rings. The zero-order chi connectivity index (χ0) is 10.8. The van der Waals surface area contributed by atoms with Crippen molar-refractivity contribution in [1.29, 1.82) is 0 Å². The van der Waals surface area contributed by atoms with E-state index in [-0.39, 0.29) is 13.2 Å². The van der Waals surface area contributed by atoms with Crippen molar-refractivity contribution >= 4 is 10.2 Å². The Hall–Kier alpha value is -0.380. The van der Waals surface area contributed by atoms with Gasteiger partial charge in [-0.25, -0.2) is 0 Å². The second-order valence-electron chi connectivity index (χ2n) is 2.65.